The molecule has 1 fully saturated rings. The van der Waals surface area contributed by atoms with Crippen LogP contribution in [0.1, 0.15) is 30.7 Å². The summed E-state index contributed by atoms with van der Waals surface area (Å²) in [5.74, 6) is 0.118. The monoisotopic (exact) mass is 339 g/mol. The van der Waals surface area contributed by atoms with Gasteiger partial charge in [-0.3, -0.25) is 0 Å². The van der Waals surface area contributed by atoms with E-state index in [4.69, 9.17) is 0 Å². The third-order valence-corrected chi connectivity index (χ3v) is 5.40. The van der Waals surface area contributed by atoms with E-state index in [9.17, 15) is 10.0 Å². The van der Waals surface area contributed by atoms with Gasteiger partial charge in [-0.2, -0.15) is 0 Å². The second-order valence-corrected chi connectivity index (χ2v) is 6.91. The lowest BCUT2D eigenvalue weighted by Crippen LogP contribution is -2.37. The molecule has 1 saturated heterocycles. The number of benzene rings is 1. The first-order valence-corrected chi connectivity index (χ1v) is 8.75. The molecule has 1 atom stereocenters. The van der Waals surface area contributed by atoms with Gasteiger partial charge in [-0.25, -0.2) is 5.01 Å². The lowest BCUT2D eigenvalue weighted by atomic mass is 9.68. The van der Waals surface area contributed by atoms with Gasteiger partial charge in [0.1, 0.15) is 0 Å². The maximum Gasteiger partial charge on any atom is 0.0829 e. The number of hydrogen-bond acceptors (Lipinski definition) is 4. The van der Waals surface area contributed by atoms with Crippen LogP contribution in [0.2, 0.25) is 0 Å². The minimum atomic E-state index is 0.118. The maximum atomic E-state index is 10.7. The van der Waals surface area contributed by atoms with Crippen molar-refractivity contribution >= 4 is 5.69 Å². The van der Waals surface area contributed by atoms with Gasteiger partial charge in [0.25, 0.3) is 0 Å². The Morgan fingerprint density at radius 1 is 1.24 bits per heavy atom. The zero-order chi connectivity index (χ0) is 17.7. The van der Waals surface area contributed by atoms with Crippen LogP contribution in [0, 0.1) is 10.3 Å². The average molecular weight is 339 g/mol. The highest BCUT2D eigenvalue weighted by Crippen LogP contribution is 2.44. The van der Waals surface area contributed by atoms with E-state index in [-0.39, 0.29) is 11.3 Å². The largest absolute Gasteiger partial charge is 0.515 e. The van der Waals surface area contributed by atoms with E-state index in [1.54, 1.807) is 7.05 Å². The minimum absolute atomic E-state index is 0.118. The highest BCUT2D eigenvalue weighted by molar-refractivity contribution is 5.48. The Bertz CT molecular complexity index is 685. The molecule has 1 aliphatic heterocycles. The summed E-state index contributed by atoms with van der Waals surface area (Å²) in [7, 11) is 1.63. The summed E-state index contributed by atoms with van der Waals surface area (Å²) in [6.45, 7) is 2.04. The number of aliphatic hydroxyl groups is 1. The van der Waals surface area contributed by atoms with Crippen molar-refractivity contribution in [2.24, 2.45) is 10.7 Å². The van der Waals surface area contributed by atoms with Gasteiger partial charge in [-0.1, -0.05) is 36.4 Å². The highest BCUT2D eigenvalue weighted by atomic mass is 16.3. The van der Waals surface area contributed by atoms with Crippen LogP contribution in [-0.2, 0) is 0 Å². The zero-order valence-electron chi connectivity index (χ0n) is 14.6. The van der Waals surface area contributed by atoms with Crippen LogP contribution in [0.3, 0.4) is 0 Å². The number of rotatable bonds is 3. The SMILES string of the molecule is CN(N=O)c1ccc(C2CC3(\C=C/C=C\C2=C\O)CCNCC3)cc1. The van der Waals surface area contributed by atoms with E-state index < -0.39 is 0 Å². The Hall–Kier alpha value is -2.40. The summed E-state index contributed by atoms with van der Waals surface area (Å²) in [6, 6.07) is 7.86. The number of piperidine rings is 1. The topological polar surface area (TPSA) is 64.9 Å². The van der Waals surface area contributed by atoms with Gasteiger partial charge in [0.15, 0.2) is 0 Å². The van der Waals surface area contributed by atoms with Gasteiger partial charge in [0.2, 0.25) is 0 Å². The van der Waals surface area contributed by atoms with Crippen LogP contribution in [0.4, 0.5) is 5.69 Å². The maximum absolute atomic E-state index is 10.7. The molecule has 1 heterocycles. The van der Waals surface area contributed by atoms with Gasteiger partial charge < -0.3 is 10.4 Å². The van der Waals surface area contributed by atoms with Crippen LogP contribution in [0.15, 0.2) is 65.7 Å². The predicted octanol–water partition coefficient (Wildman–Crippen LogP) is 4.22. The Kier molecular flexibility index (Phi) is 5.34. The Morgan fingerprint density at radius 2 is 1.96 bits per heavy atom. The zero-order valence-corrected chi connectivity index (χ0v) is 14.6. The third kappa shape index (κ3) is 3.82. The number of aliphatic hydroxyl groups excluding tert-OH is 1. The van der Waals surface area contributed by atoms with Gasteiger partial charge >= 0.3 is 0 Å². The summed E-state index contributed by atoms with van der Waals surface area (Å²) in [6.07, 6.45) is 12.8. The molecule has 1 aromatic carbocycles. The molecule has 2 N–H and O–H groups in total. The van der Waals surface area contributed by atoms with Crippen molar-refractivity contribution < 1.29 is 5.11 Å². The molecule has 3 rings (SSSR count). The Labute approximate surface area is 148 Å². The first kappa shape index (κ1) is 17.4. The van der Waals surface area contributed by atoms with Crippen LogP contribution in [0.25, 0.3) is 0 Å². The van der Waals surface area contributed by atoms with Crippen molar-refractivity contribution in [3.8, 4) is 0 Å². The minimum Gasteiger partial charge on any atom is -0.515 e. The third-order valence-electron chi connectivity index (χ3n) is 5.40. The number of hydrogen-bond donors (Lipinski definition) is 2. The molecule has 25 heavy (non-hydrogen) atoms. The molecule has 1 unspecified atom stereocenters. The number of anilines is 1. The molecule has 0 amide bonds. The van der Waals surface area contributed by atoms with Gasteiger partial charge in [-0.15, -0.1) is 4.91 Å². The molecular weight excluding hydrogens is 314 g/mol. The van der Waals surface area contributed by atoms with Crippen LogP contribution < -0.4 is 10.3 Å². The molecule has 1 aromatic rings. The summed E-state index contributed by atoms with van der Waals surface area (Å²) in [5.41, 5.74) is 2.96. The molecule has 132 valence electrons. The average Bonchev–Trinajstić information content (AvgIpc) is 2.65. The molecule has 5 nitrogen and oxygen atoms in total. The molecule has 5 heteroatoms. The fourth-order valence-corrected chi connectivity index (χ4v) is 3.84. The van der Waals surface area contributed by atoms with Crippen LogP contribution >= 0.6 is 0 Å². The van der Waals surface area contributed by atoms with Gasteiger partial charge in [0, 0.05) is 13.0 Å². The number of nitroso groups, excluding NO2 is 1. The predicted molar refractivity (Wildman–Crippen MR) is 102 cm³/mol. The van der Waals surface area contributed by atoms with Crippen molar-refractivity contribution in [2.75, 3.05) is 25.1 Å². The van der Waals surface area contributed by atoms with Gasteiger partial charge in [-0.05, 0) is 61.0 Å². The lowest BCUT2D eigenvalue weighted by molar-refractivity contribution is 0.241. The number of allylic oxidation sites excluding steroid dienone is 5. The molecular formula is C20H25N3O2. The number of nitrogens with zero attached hydrogens (tertiary/aromatic N) is 2. The normalized spacial score (nSPS) is 26.6. The van der Waals surface area contributed by atoms with Crippen LogP contribution in [-0.4, -0.2) is 25.2 Å². The fraction of sp³-hybridized carbons (Fsp3) is 0.400. The van der Waals surface area contributed by atoms with Crippen molar-refractivity contribution in [1.82, 2.24) is 5.32 Å². The van der Waals surface area contributed by atoms with Crippen molar-refractivity contribution in [2.45, 2.75) is 25.2 Å². The van der Waals surface area contributed by atoms with E-state index in [1.807, 2.05) is 36.4 Å². The lowest BCUT2D eigenvalue weighted by Gasteiger charge is -2.39. The van der Waals surface area contributed by atoms with E-state index in [2.05, 4.69) is 22.8 Å². The highest BCUT2D eigenvalue weighted by Gasteiger charge is 2.34. The quantitative estimate of drug-likeness (QED) is 0.492. The smallest absolute Gasteiger partial charge is 0.0829 e. The number of nitrogens with one attached hydrogen (secondary N) is 1. The van der Waals surface area contributed by atoms with Gasteiger partial charge in [0.05, 0.1) is 17.2 Å². The summed E-state index contributed by atoms with van der Waals surface area (Å²) in [5, 5.41) is 17.5. The standard InChI is InChI=1S/C20H25N3O2/c1-23(22-25)18-7-5-16(6-8-18)19-14-20(10-12-21-13-11-20)9-3-2-4-17(19)15-24/h2-9,15,19,21,24H,10-14H2,1H3/b4-2-,9-3-,17-15-. The van der Waals surface area contributed by atoms with E-state index in [0.717, 1.165) is 49.2 Å². The van der Waals surface area contributed by atoms with Crippen molar-refractivity contribution in [3.63, 3.8) is 0 Å². The second kappa shape index (κ2) is 7.66. The molecule has 1 aliphatic carbocycles. The fourth-order valence-electron chi connectivity index (χ4n) is 3.84. The van der Waals surface area contributed by atoms with Crippen molar-refractivity contribution in [3.05, 3.63) is 70.9 Å². The Morgan fingerprint density at radius 3 is 2.60 bits per heavy atom. The summed E-state index contributed by atoms with van der Waals surface area (Å²) < 4.78 is 0. The second-order valence-electron chi connectivity index (χ2n) is 6.91. The summed E-state index contributed by atoms with van der Waals surface area (Å²) >= 11 is 0. The molecule has 0 saturated carbocycles. The Balaban J connectivity index is 1.94. The first-order valence-electron chi connectivity index (χ1n) is 8.75. The first-order chi connectivity index (χ1) is 12.2. The molecule has 2 aliphatic rings. The van der Waals surface area contributed by atoms with E-state index in [1.165, 1.54) is 11.3 Å². The van der Waals surface area contributed by atoms with Crippen LogP contribution in [0.5, 0.6) is 0 Å². The van der Waals surface area contributed by atoms with E-state index >= 15 is 0 Å². The molecule has 0 bridgehead atoms. The molecule has 0 aromatic heterocycles. The summed E-state index contributed by atoms with van der Waals surface area (Å²) in [4.78, 5) is 10.7. The van der Waals surface area contributed by atoms with Crippen molar-refractivity contribution in [1.29, 1.82) is 0 Å². The van der Waals surface area contributed by atoms with E-state index in [0.29, 0.717) is 0 Å². The molecule has 0 radical (unpaired) electrons. The molecule has 1 spiro atoms.